The molecule has 0 N–H and O–H groups in total. The van der Waals surface area contributed by atoms with Crippen molar-refractivity contribution >= 4 is 56.4 Å². The molecule has 7 nitrogen and oxygen atoms in total. The minimum Gasteiger partial charge on any atom is -0.493 e. The van der Waals surface area contributed by atoms with Crippen LogP contribution >= 0.6 is 27.7 Å². The van der Waals surface area contributed by atoms with Gasteiger partial charge in [0.15, 0.2) is 5.17 Å². The summed E-state index contributed by atoms with van der Waals surface area (Å²) in [6.07, 6.45) is 1.82. The minimum atomic E-state index is -0.137. The van der Waals surface area contributed by atoms with Crippen molar-refractivity contribution in [2.75, 3.05) is 40.0 Å². The summed E-state index contributed by atoms with van der Waals surface area (Å²) in [4.78, 5) is 34.2. The fourth-order valence-corrected chi connectivity index (χ4v) is 4.84. The van der Waals surface area contributed by atoms with Gasteiger partial charge in [-0.05, 0) is 61.2 Å². The fraction of sp³-hybridized carbons (Fsp3) is 0.292. The predicted molar refractivity (Wildman–Crippen MR) is 134 cm³/mol. The van der Waals surface area contributed by atoms with Crippen molar-refractivity contribution in [3.8, 4) is 5.75 Å². The highest BCUT2D eigenvalue weighted by Crippen LogP contribution is 2.35. The monoisotopic (exact) mass is 529 g/mol. The first kappa shape index (κ1) is 23.5. The summed E-state index contributed by atoms with van der Waals surface area (Å²) in [6, 6.07) is 12.9. The van der Waals surface area contributed by atoms with Gasteiger partial charge in [0, 0.05) is 35.7 Å². The van der Waals surface area contributed by atoms with Crippen molar-refractivity contribution in [3.63, 3.8) is 0 Å². The lowest BCUT2D eigenvalue weighted by Gasteiger charge is -2.26. The molecule has 0 aromatic heterocycles. The zero-order valence-corrected chi connectivity index (χ0v) is 20.8. The Kier molecular flexibility index (Phi) is 7.52. The highest BCUT2D eigenvalue weighted by Gasteiger charge is 2.31. The SMILES string of the molecule is CCOc1ccc(Br)cc1/C=C1/SC(=Nc2cccc(C(=O)N3CCOCC3)c2)N(C)C1=O. The van der Waals surface area contributed by atoms with Crippen LogP contribution in [0.25, 0.3) is 6.08 Å². The lowest BCUT2D eigenvalue weighted by molar-refractivity contribution is -0.121. The van der Waals surface area contributed by atoms with Gasteiger partial charge in [0.2, 0.25) is 0 Å². The van der Waals surface area contributed by atoms with E-state index in [9.17, 15) is 9.59 Å². The summed E-state index contributed by atoms with van der Waals surface area (Å²) in [6.45, 7) is 4.72. The molecule has 0 radical (unpaired) electrons. The van der Waals surface area contributed by atoms with Gasteiger partial charge in [0.05, 0.1) is 30.4 Å². The van der Waals surface area contributed by atoms with Crippen molar-refractivity contribution in [1.29, 1.82) is 0 Å². The number of hydrogen-bond donors (Lipinski definition) is 0. The number of hydrogen-bond acceptors (Lipinski definition) is 6. The Labute approximate surface area is 205 Å². The molecule has 2 aromatic carbocycles. The quantitative estimate of drug-likeness (QED) is 0.531. The molecule has 2 heterocycles. The highest BCUT2D eigenvalue weighted by atomic mass is 79.9. The van der Waals surface area contributed by atoms with E-state index in [-0.39, 0.29) is 11.8 Å². The maximum Gasteiger partial charge on any atom is 0.266 e. The number of amidine groups is 1. The highest BCUT2D eigenvalue weighted by molar-refractivity contribution is 9.10. The maximum absolute atomic E-state index is 12.9. The van der Waals surface area contributed by atoms with Crippen LogP contribution in [0.3, 0.4) is 0 Å². The predicted octanol–water partition coefficient (Wildman–Crippen LogP) is 4.55. The number of likely N-dealkylation sites (N-methyl/N-ethyl adjacent to an activating group) is 1. The number of benzene rings is 2. The summed E-state index contributed by atoms with van der Waals surface area (Å²) in [5, 5.41) is 0.551. The standard InChI is InChI=1S/C24H24BrN3O4S/c1-3-32-20-8-7-18(25)13-17(20)15-21-23(30)27(2)24(33-21)26-19-6-4-5-16(14-19)22(29)28-9-11-31-12-10-28/h4-8,13-15H,3,9-12H2,1-2H3/b21-15+,26-24?. The van der Waals surface area contributed by atoms with Gasteiger partial charge in [-0.2, -0.15) is 0 Å². The number of ether oxygens (including phenoxy) is 2. The molecule has 2 fully saturated rings. The molecule has 9 heteroatoms. The van der Waals surface area contributed by atoms with Crippen molar-refractivity contribution in [2.45, 2.75) is 6.92 Å². The second-order valence-corrected chi connectivity index (χ2v) is 9.36. The van der Waals surface area contributed by atoms with Crippen LogP contribution in [0.2, 0.25) is 0 Å². The van der Waals surface area contributed by atoms with E-state index < -0.39 is 0 Å². The third kappa shape index (κ3) is 5.48. The zero-order chi connectivity index (χ0) is 23.4. The summed E-state index contributed by atoms with van der Waals surface area (Å²) >= 11 is 4.77. The number of thioether (sulfide) groups is 1. The number of amides is 2. The molecular formula is C24H24BrN3O4S. The Balaban J connectivity index is 1.58. The molecular weight excluding hydrogens is 506 g/mol. The lowest BCUT2D eigenvalue weighted by atomic mass is 10.1. The number of halogens is 1. The van der Waals surface area contributed by atoms with Gasteiger partial charge >= 0.3 is 0 Å². The van der Waals surface area contributed by atoms with E-state index in [4.69, 9.17) is 9.47 Å². The summed E-state index contributed by atoms with van der Waals surface area (Å²) in [5.74, 6) is 0.535. The summed E-state index contributed by atoms with van der Waals surface area (Å²) in [7, 11) is 1.70. The fourth-order valence-electron chi connectivity index (χ4n) is 3.48. The van der Waals surface area contributed by atoms with Crippen molar-refractivity contribution in [3.05, 3.63) is 63.0 Å². The number of aliphatic imine (C=N–C) groups is 1. The van der Waals surface area contributed by atoms with Crippen molar-refractivity contribution in [1.82, 2.24) is 9.80 Å². The molecule has 2 amide bonds. The zero-order valence-electron chi connectivity index (χ0n) is 18.4. The summed E-state index contributed by atoms with van der Waals surface area (Å²) in [5.41, 5.74) is 2.01. The Morgan fingerprint density at radius 1 is 1.24 bits per heavy atom. The second kappa shape index (κ2) is 10.5. The van der Waals surface area contributed by atoms with E-state index in [0.29, 0.717) is 60.0 Å². The van der Waals surface area contributed by atoms with Crippen LogP contribution < -0.4 is 4.74 Å². The first-order valence-corrected chi connectivity index (χ1v) is 12.2. The van der Waals surface area contributed by atoms with Gasteiger partial charge < -0.3 is 14.4 Å². The van der Waals surface area contributed by atoms with Crippen LogP contribution in [0.1, 0.15) is 22.8 Å². The Bertz CT molecular complexity index is 1130. The molecule has 2 aliphatic heterocycles. The first-order valence-electron chi connectivity index (χ1n) is 10.6. The molecule has 4 rings (SSSR count). The number of morpholine rings is 1. The molecule has 0 saturated carbocycles. The molecule has 0 bridgehead atoms. The molecule has 0 aliphatic carbocycles. The molecule has 2 aromatic rings. The van der Waals surface area contributed by atoms with Crippen molar-refractivity contribution < 1.29 is 19.1 Å². The normalized spacial score (nSPS) is 18.9. The smallest absolute Gasteiger partial charge is 0.266 e. The van der Waals surface area contributed by atoms with E-state index in [2.05, 4.69) is 20.9 Å². The van der Waals surface area contributed by atoms with Crippen molar-refractivity contribution in [2.24, 2.45) is 4.99 Å². The average molecular weight is 530 g/mol. The van der Waals surface area contributed by atoms with Gasteiger partial charge in [0.25, 0.3) is 11.8 Å². The van der Waals surface area contributed by atoms with Gasteiger partial charge in [-0.1, -0.05) is 22.0 Å². The largest absolute Gasteiger partial charge is 0.493 e. The molecule has 33 heavy (non-hydrogen) atoms. The van der Waals surface area contributed by atoms with Crippen LogP contribution in [0.15, 0.2) is 56.8 Å². The van der Waals surface area contributed by atoms with Gasteiger partial charge in [0.1, 0.15) is 5.75 Å². The maximum atomic E-state index is 12.9. The molecule has 0 unspecified atom stereocenters. The number of rotatable bonds is 5. The van der Waals surface area contributed by atoms with Gasteiger partial charge in [-0.25, -0.2) is 4.99 Å². The first-order chi connectivity index (χ1) is 16.0. The molecule has 2 saturated heterocycles. The summed E-state index contributed by atoms with van der Waals surface area (Å²) < 4.78 is 11.9. The van der Waals surface area contributed by atoms with Gasteiger partial charge in [-0.15, -0.1) is 0 Å². The Hall–Kier alpha value is -2.62. The lowest BCUT2D eigenvalue weighted by Crippen LogP contribution is -2.40. The van der Waals surface area contributed by atoms with E-state index in [0.717, 1.165) is 10.0 Å². The number of carbonyl (C=O) groups is 2. The van der Waals surface area contributed by atoms with Crippen LogP contribution in [0.4, 0.5) is 5.69 Å². The molecule has 2 aliphatic rings. The van der Waals surface area contributed by atoms with Crippen LogP contribution in [-0.4, -0.2) is 66.7 Å². The molecule has 0 atom stereocenters. The topological polar surface area (TPSA) is 71.4 Å². The van der Waals surface area contributed by atoms with E-state index >= 15 is 0 Å². The number of carbonyl (C=O) groups excluding carboxylic acids is 2. The third-order valence-corrected chi connectivity index (χ3v) is 6.73. The van der Waals surface area contributed by atoms with Crippen LogP contribution in [-0.2, 0) is 9.53 Å². The second-order valence-electron chi connectivity index (χ2n) is 7.44. The van der Waals surface area contributed by atoms with E-state index in [1.165, 1.54) is 16.7 Å². The van der Waals surface area contributed by atoms with E-state index in [1.54, 1.807) is 30.1 Å². The van der Waals surface area contributed by atoms with Crippen LogP contribution in [0, 0.1) is 0 Å². The molecule has 0 spiro atoms. The third-order valence-electron chi connectivity index (χ3n) is 5.18. The van der Waals surface area contributed by atoms with E-state index in [1.807, 2.05) is 37.3 Å². The Morgan fingerprint density at radius 2 is 2.03 bits per heavy atom. The average Bonchev–Trinajstić information content (AvgIpc) is 3.09. The van der Waals surface area contributed by atoms with Crippen LogP contribution in [0.5, 0.6) is 5.75 Å². The number of nitrogens with zero attached hydrogens (tertiary/aromatic N) is 3. The van der Waals surface area contributed by atoms with Gasteiger partial charge in [-0.3, -0.25) is 14.5 Å². The molecule has 172 valence electrons. The minimum absolute atomic E-state index is 0.0393. The Morgan fingerprint density at radius 3 is 2.79 bits per heavy atom.